The number of fused-ring (bicyclic) bond motifs is 4. The van der Waals surface area contributed by atoms with E-state index in [0.29, 0.717) is 0 Å². The molecule has 6 rings (SSSR count). The van der Waals surface area contributed by atoms with E-state index in [-0.39, 0.29) is 5.78 Å². The number of hydrogen-bond donors (Lipinski definition) is 0. The summed E-state index contributed by atoms with van der Waals surface area (Å²) >= 11 is 1.82. The second-order valence-corrected chi connectivity index (χ2v) is 8.76. The quantitative estimate of drug-likeness (QED) is 0.282. The molecule has 4 aromatic carbocycles. The number of hydrogen-bond acceptors (Lipinski definition) is 2. The molecular formula is C29H18OS. The molecule has 0 saturated heterocycles. The molecule has 1 nitrogen and oxygen atoms in total. The molecule has 0 radical (unpaired) electrons. The molecule has 1 aliphatic heterocycles. The van der Waals surface area contributed by atoms with Crippen molar-refractivity contribution in [3.8, 4) is 0 Å². The zero-order chi connectivity index (χ0) is 20.8. The first-order chi connectivity index (χ1) is 15.3. The van der Waals surface area contributed by atoms with Crippen molar-refractivity contribution in [1.29, 1.82) is 0 Å². The van der Waals surface area contributed by atoms with Crippen molar-refractivity contribution < 1.29 is 4.79 Å². The van der Waals surface area contributed by atoms with E-state index in [1.807, 2.05) is 60.3 Å². The minimum Gasteiger partial charge on any atom is -0.289 e. The van der Waals surface area contributed by atoms with Crippen LogP contribution in [0.25, 0.3) is 11.1 Å². The number of carbonyl (C=O) groups excluding carboxylic acids is 1. The minimum atomic E-state index is 0.0979. The molecule has 2 heteroatoms. The minimum absolute atomic E-state index is 0.0979. The Morgan fingerprint density at radius 2 is 0.806 bits per heavy atom. The maximum absolute atomic E-state index is 13.0. The Morgan fingerprint density at radius 3 is 1.29 bits per heavy atom. The van der Waals surface area contributed by atoms with E-state index < -0.39 is 0 Å². The largest absolute Gasteiger partial charge is 0.289 e. The molecule has 0 fully saturated rings. The summed E-state index contributed by atoms with van der Waals surface area (Å²) in [6.07, 6.45) is 4.40. The predicted molar refractivity (Wildman–Crippen MR) is 127 cm³/mol. The molecule has 4 aromatic rings. The lowest BCUT2D eigenvalue weighted by atomic mass is 9.81. The lowest BCUT2D eigenvalue weighted by Crippen LogP contribution is -2.14. The zero-order valence-electron chi connectivity index (χ0n) is 16.7. The molecule has 0 N–H and O–H groups in total. The van der Waals surface area contributed by atoms with E-state index in [2.05, 4.69) is 60.7 Å². The molecule has 146 valence electrons. The van der Waals surface area contributed by atoms with Crippen molar-refractivity contribution in [3.05, 3.63) is 143 Å². The molecule has 2 aliphatic rings. The Balaban J connectivity index is 1.60. The SMILES string of the molecule is O=C1c2ccccc2C(=CC=C2c3ccccc3Sc3ccccc32)c2ccccc21. The number of rotatable bonds is 1. The van der Waals surface area contributed by atoms with Crippen LogP contribution in [0.4, 0.5) is 0 Å². The van der Waals surface area contributed by atoms with Crippen LogP contribution in [0.1, 0.15) is 38.2 Å². The average molecular weight is 415 g/mol. The Labute approximate surface area is 185 Å². The maximum Gasteiger partial charge on any atom is 0.194 e. The van der Waals surface area contributed by atoms with Gasteiger partial charge in [0, 0.05) is 20.9 Å². The molecule has 0 saturated carbocycles. The van der Waals surface area contributed by atoms with Crippen molar-refractivity contribution in [2.75, 3.05) is 0 Å². The molecule has 1 aliphatic carbocycles. The molecule has 0 bridgehead atoms. The molecule has 0 spiro atoms. The Kier molecular flexibility index (Phi) is 4.26. The van der Waals surface area contributed by atoms with E-state index in [1.165, 1.54) is 26.5 Å². The highest BCUT2D eigenvalue weighted by Crippen LogP contribution is 2.45. The second-order valence-electron chi connectivity index (χ2n) is 7.68. The second kappa shape index (κ2) is 7.26. The Bertz CT molecular complexity index is 1330. The predicted octanol–water partition coefficient (Wildman–Crippen LogP) is 7.26. The highest BCUT2D eigenvalue weighted by Gasteiger charge is 2.26. The zero-order valence-corrected chi connectivity index (χ0v) is 17.5. The van der Waals surface area contributed by atoms with Gasteiger partial charge in [-0.3, -0.25) is 4.79 Å². The van der Waals surface area contributed by atoms with Crippen molar-refractivity contribution in [2.45, 2.75) is 9.79 Å². The molecule has 0 amide bonds. The van der Waals surface area contributed by atoms with Gasteiger partial charge in [0.2, 0.25) is 0 Å². The summed E-state index contributed by atoms with van der Waals surface area (Å²) in [7, 11) is 0. The summed E-state index contributed by atoms with van der Waals surface area (Å²) in [4.78, 5) is 15.6. The third-order valence-corrected chi connectivity index (χ3v) is 7.07. The van der Waals surface area contributed by atoms with Gasteiger partial charge in [-0.25, -0.2) is 0 Å². The number of benzene rings is 4. The summed E-state index contributed by atoms with van der Waals surface area (Å²) in [5.41, 5.74) is 8.32. The summed E-state index contributed by atoms with van der Waals surface area (Å²) in [5, 5.41) is 0. The van der Waals surface area contributed by atoms with E-state index in [4.69, 9.17) is 0 Å². The van der Waals surface area contributed by atoms with Crippen LogP contribution in [0, 0.1) is 0 Å². The fourth-order valence-corrected chi connectivity index (χ4v) is 5.57. The molecular weight excluding hydrogens is 396 g/mol. The first kappa shape index (κ1) is 18.2. The molecule has 31 heavy (non-hydrogen) atoms. The lowest BCUT2D eigenvalue weighted by Gasteiger charge is -2.23. The van der Waals surface area contributed by atoms with Crippen LogP contribution in [0.15, 0.2) is 119 Å². The van der Waals surface area contributed by atoms with Crippen LogP contribution in [0.5, 0.6) is 0 Å². The van der Waals surface area contributed by atoms with Crippen LogP contribution in [0.2, 0.25) is 0 Å². The van der Waals surface area contributed by atoms with E-state index >= 15 is 0 Å². The highest BCUT2D eigenvalue weighted by molar-refractivity contribution is 7.99. The third kappa shape index (κ3) is 2.91. The fraction of sp³-hybridized carbons (Fsp3) is 0. The summed E-state index contributed by atoms with van der Waals surface area (Å²) in [6.45, 7) is 0. The first-order valence-corrected chi connectivity index (χ1v) is 11.1. The Morgan fingerprint density at radius 1 is 0.452 bits per heavy atom. The van der Waals surface area contributed by atoms with Gasteiger partial charge >= 0.3 is 0 Å². The van der Waals surface area contributed by atoms with Gasteiger partial charge in [-0.2, -0.15) is 0 Å². The van der Waals surface area contributed by atoms with Crippen molar-refractivity contribution in [3.63, 3.8) is 0 Å². The van der Waals surface area contributed by atoms with Gasteiger partial charge in [0.15, 0.2) is 5.78 Å². The number of allylic oxidation sites excluding steroid dienone is 2. The van der Waals surface area contributed by atoms with Gasteiger partial charge in [0.1, 0.15) is 0 Å². The standard InChI is InChI=1S/C29H18OS/c30-29-25-13-3-1-9-19(25)21(20-10-2-4-14-26(20)29)17-18-22-23-11-5-7-15-27(23)31-28-16-8-6-12-24(22)28/h1-18H. The van der Waals surface area contributed by atoms with Crippen LogP contribution in [0.3, 0.4) is 0 Å². The summed E-state index contributed by atoms with van der Waals surface area (Å²) < 4.78 is 0. The lowest BCUT2D eigenvalue weighted by molar-refractivity contribution is 0.103. The number of carbonyl (C=O) groups is 1. The van der Waals surface area contributed by atoms with Crippen LogP contribution in [-0.2, 0) is 0 Å². The van der Waals surface area contributed by atoms with Gasteiger partial charge in [-0.05, 0) is 45.5 Å². The van der Waals surface area contributed by atoms with Gasteiger partial charge in [0.05, 0.1) is 0 Å². The normalized spacial score (nSPS) is 13.6. The van der Waals surface area contributed by atoms with Crippen LogP contribution >= 0.6 is 11.8 Å². The van der Waals surface area contributed by atoms with Gasteiger partial charge in [-0.15, -0.1) is 0 Å². The molecule has 0 atom stereocenters. The number of ketones is 1. The average Bonchev–Trinajstić information content (AvgIpc) is 2.83. The van der Waals surface area contributed by atoms with E-state index in [0.717, 1.165) is 27.8 Å². The van der Waals surface area contributed by atoms with Crippen molar-refractivity contribution in [2.24, 2.45) is 0 Å². The fourth-order valence-electron chi connectivity index (χ4n) is 4.47. The van der Waals surface area contributed by atoms with E-state index in [9.17, 15) is 4.79 Å². The van der Waals surface area contributed by atoms with Crippen LogP contribution < -0.4 is 0 Å². The van der Waals surface area contributed by atoms with Gasteiger partial charge in [0.25, 0.3) is 0 Å². The molecule has 0 unspecified atom stereocenters. The van der Waals surface area contributed by atoms with Crippen LogP contribution in [-0.4, -0.2) is 5.78 Å². The summed E-state index contributed by atoms with van der Waals surface area (Å²) in [6, 6.07) is 32.9. The van der Waals surface area contributed by atoms with Crippen molar-refractivity contribution >= 4 is 28.7 Å². The van der Waals surface area contributed by atoms with Gasteiger partial charge < -0.3 is 0 Å². The molecule has 1 heterocycles. The highest BCUT2D eigenvalue weighted by atomic mass is 32.2. The third-order valence-electron chi connectivity index (χ3n) is 5.91. The van der Waals surface area contributed by atoms with Gasteiger partial charge in [-0.1, -0.05) is 109 Å². The van der Waals surface area contributed by atoms with E-state index in [1.54, 1.807) is 0 Å². The molecule has 0 aromatic heterocycles. The van der Waals surface area contributed by atoms with Crippen molar-refractivity contribution in [1.82, 2.24) is 0 Å². The topological polar surface area (TPSA) is 17.1 Å². The smallest absolute Gasteiger partial charge is 0.194 e. The Hall–Kier alpha value is -3.62. The summed E-state index contributed by atoms with van der Waals surface area (Å²) in [5.74, 6) is 0.0979. The first-order valence-electron chi connectivity index (χ1n) is 10.3. The monoisotopic (exact) mass is 414 g/mol. The maximum atomic E-state index is 13.0.